The summed E-state index contributed by atoms with van der Waals surface area (Å²) < 4.78 is 21.7. The Bertz CT molecular complexity index is 780. The zero-order chi connectivity index (χ0) is 20.8. The number of aryl methyl sites for hydroxylation is 2. The van der Waals surface area contributed by atoms with Gasteiger partial charge >= 0.3 is 5.97 Å². The van der Waals surface area contributed by atoms with E-state index < -0.39 is 11.9 Å². The molecule has 152 valence electrons. The van der Waals surface area contributed by atoms with E-state index in [1.807, 2.05) is 38.1 Å². The fourth-order valence-corrected chi connectivity index (χ4v) is 3.32. The van der Waals surface area contributed by atoms with Crippen LogP contribution in [0.4, 0.5) is 0 Å². The zero-order valence-corrected chi connectivity index (χ0v) is 17.3. The average Bonchev–Trinajstić information content (AvgIpc) is 2.68. The second-order valence-electron chi connectivity index (χ2n) is 6.71. The van der Waals surface area contributed by atoms with Crippen molar-refractivity contribution in [3.8, 4) is 23.0 Å². The Morgan fingerprint density at radius 1 is 0.750 bits per heavy atom. The van der Waals surface area contributed by atoms with Gasteiger partial charge in [0.1, 0.15) is 23.0 Å². The van der Waals surface area contributed by atoms with Gasteiger partial charge in [0, 0.05) is 0 Å². The fraction of sp³-hybridized carbons (Fsp3) is 0.409. The molecule has 0 saturated heterocycles. The SMILES string of the molecule is COc1cc(CC(Cc2cc(OC)c(C)cc2OC)C(=O)O)c(OC)cc1C. The summed E-state index contributed by atoms with van der Waals surface area (Å²) in [5, 5.41) is 9.84. The highest BCUT2D eigenvalue weighted by molar-refractivity contribution is 5.71. The average molecular weight is 388 g/mol. The molecule has 2 aromatic rings. The van der Waals surface area contributed by atoms with E-state index in [2.05, 4.69) is 0 Å². The third-order valence-corrected chi connectivity index (χ3v) is 4.88. The first-order valence-corrected chi connectivity index (χ1v) is 9.00. The lowest BCUT2D eigenvalue weighted by Gasteiger charge is -2.19. The molecule has 0 aliphatic heterocycles. The molecule has 28 heavy (non-hydrogen) atoms. The summed E-state index contributed by atoms with van der Waals surface area (Å²) in [7, 11) is 6.34. The van der Waals surface area contributed by atoms with E-state index in [1.165, 1.54) is 0 Å². The molecule has 6 nitrogen and oxygen atoms in total. The molecule has 0 atom stereocenters. The number of hydrogen-bond acceptors (Lipinski definition) is 5. The molecule has 0 saturated carbocycles. The number of aliphatic carboxylic acids is 1. The molecule has 0 amide bonds. The molecule has 0 radical (unpaired) electrons. The van der Waals surface area contributed by atoms with E-state index in [1.54, 1.807) is 28.4 Å². The third-order valence-electron chi connectivity index (χ3n) is 4.88. The summed E-state index contributed by atoms with van der Waals surface area (Å²) in [6, 6.07) is 7.42. The first kappa shape index (κ1) is 21.4. The molecule has 0 aliphatic rings. The number of benzene rings is 2. The molecular formula is C22H28O6. The molecule has 6 heteroatoms. The molecule has 2 rings (SSSR count). The van der Waals surface area contributed by atoms with E-state index in [0.29, 0.717) is 35.8 Å². The third kappa shape index (κ3) is 4.68. The van der Waals surface area contributed by atoms with Gasteiger partial charge < -0.3 is 24.1 Å². The highest BCUT2D eigenvalue weighted by Crippen LogP contribution is 2.33. The second-order valence-corrected chi connectivity index (χ2v) is 6.71. The van der Waals surface area contributed by atoms with E-state index >= 15 is 0 Å². The lowest BCUT2D eigenvalue weighted by molar-refractivity contribution is -0.141. The van der Waals surface area contributed by atoms with Crippen LogP contribution in [0, 0.1) is 19.8 Å². The Kier molecular flexibility index (Phi) is 7.15. The van der Waals surface area contributed by atoms with E-state index in [-0.39, 0.29) is 0 Å². The maximum atomic E-state index is 12.0. The van der Waals surface area contributed by atoms with E-state index in [0.717, 1.165) is 22.3 Å². The van der Waals surface area contributed by atoms with Gasteiger partial charge in [0.05, 0.1) is 34.4 Å². The van der Waals surface area contributed by atoms with Crippen LogP contribution < -0.4 is 18.9 Å². The van der Waals surface area contributed by atoms with Gasteiger partial charge in [-0.1, -0.05) is 0 Å². The van der Waals surface area contributed by atoms with Crippen molar-refractivity contribution in [3.05, 3.63) is 46.5 Å². The molecule has 0 unspecified atom stereocenters. The fourth-order valence-electron chi connectivity index (χ4n) is 3.32. The highest BCUT2D eigenvalue weighted by Gasteiger charge is 2.24. The van der Waals surface area contributed by atoms with Crippen LogP contribution in [0.2, 0.25) is 0 Å². The number of carboxylic acids is 1. The minimum atomic E-state index is -0.886. The van der Waals surface area contributed by atoms with Gasteiger partial charge in [-0.05, 0) is 73.2 Å². The second kappa shape index (κ2) is 9.35. The van der Waals surface area contributed by atoms with Gasteiger partial charge in [-0.2, -0.15) is 0 Å². The largest absolute Gasteiger partial charge is 0.496 e. The van der Waals surface area contributed by atoms with Crippen LogP contribution in [0.15, 0.2) is 24.3 Å². The standard InChI is InChI=1S/C22H28O6/c1-13-7-20(27-5)15(11-18(13)25-3)9-17(22(23)24)10-16-12-19(26-4)14(2)8-21(16)28-6/h7-8,11-12,17H,9-10H2,1-6H3,(H,23,24). The Morgan fingerprint density at radius 2 is 1.11 bits per heavy atom. The summed E-state index contributed by atoms with van der Waals surface area (Å²) in [5.74, 6) is 1.16. The maximum Gasteiger partial charge on any atom is 0.307 e. The first-order valence-electron chi connectivity index (χ1n) is 9.00. The number of rotatable bonds is 9. The predicted molar refractivity (Wildman–Crippen MR) is 107 cm³/mol. The Labute approximate surface area is 166 Å². The molecule has 0 fully saturated rings. The van der Waals surface area contributed by atoms with Crippen molar-refractivity contribution in [2.45, 2.75) is 26.7 Å². The Hall–Kier alpha value is -2.89. The Morgan fingerprint density at radius 3 is 1.39 bits per heavy atom. The quantitative estimate of drug-likeness (QED) is 0.704. The van der Waals surface area contributed by atoms with Crippen LogP contribution in [-0.4, -0.2) is 39.5 Å². The van der Waals surface area contributed by atoms with Crippen LogP contribution in [0.5, 0.6) is 23.0 Å². The van der Waals surface area contributed by atoms with E-state index in [4.69, 9.17) is 18.9 Å². The van der Waals surface area contributed by atoms with Crippen LogP contribution in [-0.2, 0) is 17.6 Å². The first-order chi connectivity index (χ1) is 13.3. The summed E-state index contributed by atoms with van der Waals surface area (Å²) >= 11 is 0. The number of methoxy groups -OCH3 is 4. The van der Waals surface area contributed by atoms with Gasteiger partial charge in [-0.3, -0.25) is 4.79 Å². The van der Waals surface area contributed by atoms with Crippen molar-refractivity contribution in [2.75, 3.05) is 28.4 Å². The maximum absolute atomic E-state index is 12.0. The van der Waals surface area contributed by atoms with Crippen LogP contribution in [0.1, 0.15) is 22.3 Å². The summed E-state index contributed by atoms with van der Waals surface area (Å²) in [6.07, 6.45) is 0.600. The number of hydrogen-bond donors (Lipinski definition) is 1. The predicted octanol–water partition coefficient (Wildman–Crippen LogP) is 3.82. The summed E-state index contributed by atoms with van der Waals surface area (Å²) in [5.41, 5.74) is 3.44. The van der Waals surface area contributed by atoms with Gasteiger partial charge in [0.25, 0.3) is 0 Å². The van der Waals surface area contributed by atoms with Crippen molar-refractivity contribution < 1.29 is 28.8 Å². The van der Waals surface area contributed by atoms with Gasteiger partial charge in [-0.25, -0.2) is 0 Å². The van der Waals surface area contributed by atoms with Gasteiger partial charge in [0.2, 0.25) is 0 Å². The number of ether oxygens (including phenoxy) is 4. The minimum Gasteiger partial charge on any atom is -0.496 e. The number of carbonyl (C=O) groups is 1. The minimum absolute atomic E-state index is 0.300. The van der Waals surface area contributed by atoms with E-state index in [9.17, 15) is 9.90 Å². The molecule has 0 heterocycles. The van der Waals surface area contributed by atoms with Crippen molar-refractivity contribution >= 4 is 5.97 Å². The van der Waals surface area contributed by atoms with Crippen LogP contribution in [0.3, 0.4) is 0 Å². The molecule has 2 aromatic carbocycles. The topological polar surface area (TPSA) is 74.2 Å². The van der Waals surface area contributed by atoms with Gasteiger partial charge in [-0.15, -0.1) is 0 Å². The highest BCUT2D eigenvalue weighted by atomic mass is 16.5. The smallest absolute Gasteiger partial charge is 0.307 e. The lowest BCUT2D eigenvalue weighted by Crippen LogP contribution is -2.20. The molecule has 0 bridgehead atoms. The normalized spacial score (nSPS) is 10.7. The van der Waals surface area contributed by atoms with Gasteiger partial charge in [0.15, 0.2) is 0 Å². The molecule has 0 spiro atoms. The van der Waals surface area contributed by atoms with Crippen molar-refractivity contribution in [2.24, 2.45) is 5.92 Å². The Balaban J connectivity index is 2.39. The van der Waals surface area contributed by atoms with Crippen LogP contribution in [0.25, 0.3) is 0 Å². The number of carboxylic acid groups (broad SMARTS) is 1. The monoisotopic (exact) mass is 388 g/mol. The summed E-state index contributed by atoms with van der Waals surface area (Å²) in [4.78, 5) is 12.0. The zero-order valence-electron chi connectivity index (χ0n) is 17.3. The lowest BCUT2D eigenvalue weighted by atomic mass is 9.90. The molecule has 1 N–H and O–H groups in total. The molecule has 0 aliphatic carbocycles. The molecule has 0 aromatic heterocycles. The molecular weight excluding hydrogens is 360 g/mol. The van der Waals surface area contributed by atoms with Crippen molar-refractivity contribution in [1.29, 1.82) is 0 Å². The van der Waals surface area contributed by atoms with Crippen LogP contribution >= 0.6 is 0 Å². The van der Waals surface area contributed by atoms with Crippen molar-refractivity contribution in [3.63, 3.8) is 0 Å². The van der Waals surface area contributed by atoms with Crippen molar-refractivity contribution in [1.82, 2.24) is 0 Å². The summed E-state index contributed by atoms with van der Waals surface area (Å²) in [6.45, 7) is 3.84.